The summed E-state index contributed by atoms with van der Waals surface area (Å²) in [6.45, 7) is 9.05. The second-order valence-electron chi connectivity index (χ2n) is 3.31. The van der Waals surface area contributed by atoms with Crippen LogP contribution in [0.2, 0.25) is 0 Å². The summed E-state index contributed by atoms with van der Waals surface area (Å²) in [4.78, 5) is 0. The van der Waals surface area contributed by atoms with Crippen LogP contribution >= 0.6 is 0 Å². The molecule has 52 valence electrons. The molecule has 0 aliphatic carbocycles. The van der Waals surface area contributed by atoms with Crippen molar-refractivity contribution in [2.24, 2.45) is 5.41 Å². The van der Waals surface area contributed by atoms with Gasteiger partial charge in [0.2, 0.25) is 0 Å². The van der Waals surface area contributed by atoms with Crippen molar-refractivity contribution in [3.8, 4) is 0 Å². The Morgan fingerprint density at radius 3 is 1.50 bits per heavy atom. The van der Waals surface area contributed by atoms with Crippen molar-refractivity contribution in [1.29, 1.82) is 0 Å². The molecule has 0 bridgehead atoms. The zero-order valence-corrected chi connectivity index (χ0v) is 5.91. The zero-order chi connectivity index (χ0) is 5.91. The normalized spacial score (nSPS) is 10.5. The molecule has 0 amide bonds. The molecule has 0 radical (unpaired) electrons. The van der Waals surface area contributed by atoms with Gasteiger partial charge in [-0.25, -0.2) is 0 Å². The van der Waals surface area contributed by atoms with Gasteiger partial charge in [0, 0.05) is 0 Å². The van der Waals surface area contributed by atoms with Gasteiger partial charge in [-0.3, -0.25) is 0 Å². The largest absolute Gasteiger partial charge is 0.0776 e. The SMILES string of the molecule is C.CCCC(C)(C)C. The summed E-state index contributed by atoms with van der Waals surface area (Å²) < 4.78 is 0. The molecular formula is C8H20. The molecule has 0 aromatic rings. The van der Waals surface area contributed by atoms with E-state index in [4.69, 9.17) is 0 Å². The van der Waals surface area contributed by atoms with Gasteiger partial charge in [0.15, 0.2) is 0 Å². The average Bonchev–Trinajstić information content (AvgIpc) is 1.30. The van der Waals surface area contributed by atoms with Crippen LogP contribution in [-0.4, -0.2) is 0 Å². The fourth-order valence-electron chi connectivity index (χ4n) is 0.750. The highest BCUT2D eigenvalue weighted by atomic mass is 14.1. The van der Waals surface area contributed by atoms with Crippen molar-refractivity contribution in [3.63, 3.8) is 0 Å². The molecule has 0 N–H and O–H groups in total. The van der Waals surface area contributed by atoms with Gasteiger partial charge in [0.05, 0.1) is 0 Å². The van der Waals surface area contributed by atoms with Gasteiger partial charge in [-0.05, 0) is 11.8 Å². The van der Waals surface area contributed by atoms with Gasteiger partial charge in [-0.2, -0.15) is 0 Å². The topological polar surface area (TPSA) is 0 Å². The summed E-state index contributed by atoms with van der Waals surface area (Å²) in [5.74, 6) is 0. The minimum absolute atomic E-state index is 0. The molecule has 0 aromatic heterocycles. The number of hydrogen-bond donors (Lipinski definition) is 0. The average molecular weight is 116 g/mol. The summed E-state index contributed by atoms with van der Waals surface area (Å²) in [6.07, 6.45) is 2.65. The molecular weight excluding hydrogens is 96.1 g/mol. The van der Waals surface area contributed by atoms with Crippen LogP contribution < -0.4 is 0 Å². The maximum atomic E-state index is 2.27. The van der Waals surface area contributed by atoms with Crippen molar-refractivity contribution >= 4 is 0 Å². The smallest absolute Gasteiger partial charge is 0.0383 e. The Kier molecular flexibility index (Phi) is 5.36. The summed E-state index contributed by atoms with van der Waals surface area (Å²) in [5.41, 5.74) is 0.550. The molecule has 0 aromatic carbocycles. The van der Waals surface area contributed by atoms with Crippen molar-refractivity contribution in [2.75, 3.05) is 0 Å². The Labute approximate surface area is 54.3 Å². The highest BCUT2D eigenvalue weighted by molar-refractivity contribution is 4.58. The van der Waals surface area contributed by atoms with Crippen molar-refractivity contribution in [2.45, 2.75) is 48.0 Å². The molecule has 0 aliphatic heterocycles. The first-order chi connectivity index (χ1) is 3.06. The first kappa shape index (κ1) is 10.9. The lowest BCUT2D eigenvalue weighted by molar-refractivity contribution is 0.373. The Balaban J connectivity index is 0. The van der Waals surface area contributed by atoms with Crippen LogP contribution in [0.4, 0.5) is 0 Å². The molecule has 0 aliphatic rings. The lowest BCUT2D eigenvalue weighted by Gasteiger charge is -2.15. The molecule has 0 atom stereocenters. The van der Waals surface area contributed by atoms with E-state index in [1.807, 2.05) is 0 Å². The van der Waals surface area contributed by atoms with Crippen LogP contribution in [0.1, 0.15) is 48.0 Å². The fourth-order valence-corrected chi connectivity index (χ4v) is 0.750. The first-order valence-electron chi connectivity index (χ1n) is 3.06. The molecule has 0 spiro atoms. The molecule has 0 nitrogen and oxygen atoms in total. The quantitative estimate of drug-likeness (QED) is 0.492. The van der Waals surface area contributed by atoms with Crippen molar-refractivity contribution in [1.82, 2.24) is 0 Å². The van der Waals surface area contributed by atoms with Gasteiger partial charge in [-0.1, -0.05) is 41.5 Å². The number of hydrogen-bond acceptors (Lipinski definition) is 0. The van der Waals surface area contributed by atoms with Gasteiger partial charge in [-0.15, -0.1) is 0 Å². The van der Waals surface area contributed by atoms with Crippen LogP contribution in [0, 0.1) is 5.41 Å². The minimum atomic E-state index is 0. The Morgan fingerprint density at radius 1 is 1.12 bits per heavy atom. The second-order valence-corrected chi connectivity index (χ2v) is 3.31. The third-order valence-electron chi connectivity index (χ3n) is 1.000. The van der Waals surface area contributed by atoms with Crippen LogP contribution in [0.15, 0.2) is 0 Å². The lowest BCUT2D eigenvalue weighted by atomic mass is 9.91. The highest BCUT2D eigenvalue weighted by Crippen LogP contribution is 2.19. The van der Waals surface area contributed by atoms with E-state index in [9.17, 15) is 0 Å². The fraction of sp³-hybridized carbons (Fsp3) is 1.00. The monoisotopic (exact) mass is 116 g/mol. The maximum absolute atomic E-state index is 2.27. The Bertz CT molecular complexity index is 38.5. The highest BCUT2D eigenvalue weighted by Gasteiger charge is 2.06. The number of rotatable bonds is 1. The van der Waals surface area contributed by atoms with Gasteiger partial charge >= 0.3 is 0 Å². The Morgan fingerprint density at radius 2 is 1.50 bits per heavy atom. The third kappa shape index (κ3) is 9.38. The van der Waals surface area contributed by atoms with Gasteiger partial charge in [0.25, 0.3) is 0 Å². The zero-order valence-electron chi connectivity index (χ0n) is 5.91. The van der Waals surface area contributed by atoms with E-state index in [0.717, 1.165) is 0 Å². The molecule has 0 unspecified atom stereocenters. The van der Waals surface area contributed by atoms with Gasteiger partial charge in [0.1, 0.15) is 0 Å². The van der Waals surface area contributed by atoms with E-state index in [2.05, 4.69) is 27.7 Å². The molecule has 0 heterocycles. The van der Waals surface area contributed by atoms with Crippen molar-refractivity contribution in [3.05, 3.63) is 0 Å². The minimum Gasteiger partial charge on any atom is -0.0776 e. The van der Waals surface area contributed by atoms with Crippen LogP contribution in [0.25, 0.3) is 0 Å². The molecule has 0 rings (SSSR count). The van der Waals surface area contributed by atoms with Crippen LogP contribution in [0.3, 0.4) is 0 Å². The summed E-state index contributed by atoms with van der Waals surface area (Å²) in [7, 11) is 0. The van der Waals surface area contributed by atoms with E-state index in [0.29, 0.717) is 5.41 Å². The molecule has 0 saturated heterocycles. The second kappa shape index (κ2) is 3.94. The van der Waals surface area contributed by atoms with Crippen LogP contribution in [-0.2, 0) is 0 Å². The predicted octanol–water partition coefficient (Wildman–Crippen LogP) is 3.47. The van der Waals surface area contributed by atoms with Gasteiger partial charge < -0.3 is 0 Å². The van der Waals surface area contributed by atoms with Crippen molar-refractivity contribution < 1.29 is 0 Å². The molecule has 0 fully saturated rings. The first-order valence-corrected chi connectivity index (χ1v) is 3.06. The predicted molar refractivity (Wildman–Crippen MR) is 41.1 cm³/mol. The molecule has 0 heteroatoms. The van der Waals surface area contributed by atoms with E-state index >= 15 is 0 Å². The standard InChI is InChI=1S/C7H16.CH4/c1-5-6-7(2,3)4;/h5-6H2,1-4H3;1H4. The van der Waals surface area contributed by atoms with E-state index in [1.54, 1.807) is 0 Å². The lowest BCUT2D eigenvalue weighted by Crippen LogP contribution is -2.02. The van der Waals surface area contributed by atoms with Crippen LogP contribution in [0.5, 0.6) is 0 Å². The third-order valence-corrected chi connectivity index (χ3v) is 1.000. The summed E-state index contributed by atoms with van der Waals surface area (Å²) in [5, 5.41) is 0. The van der Waals surface area contributed by atoms with E-state index in [1.165, 1.54) is 12.8 Å². The maximum Gasteiger partial charge on any atom is -0.0383 e. The molecule has 8 heavy (non-hydrogen) atoms. The molecule has 0 saturated carbocycles. The Hall–Kier alpha value is 0. The summed E-state index contributed by atoms with van der Waals surface area (Å²) in [6, 6.07) is 0. The summed E-state index contributed by atoms with van der Waals surface area (Å²) >= 11 is 0. The van der Waals surface area contributed by atoms with E-state index < -0.39 is 0 Å². The van der Waals surface area contributed by atoms with E-state index in [-0.39, 0.29) is 7.43 Å².